The Bertz CT molecular complexity index is 1050. The zero-order valence-corrected chi connectivity index (χ0v) is 19.4. The molecule has 33 heavy (non-hydrogen) atoms. The molecule has 3 atom stereocenters. The summed E-state index contributed by atoms with van der Waals surface area (Å²) in [5.74, 6) is 2.15. The van der Waals surface area contributed by atoms with Crippen molar-refractivity contribution in [3.05, 3.63) is 53.2 Å². The first-order chi connectivity index (χ1) is 16.1. The van der Waals surface area contributed by atoms with Gasteiger partial charge in [0.25, 0.3) is 0 Å². The zero-order valence-electron chi connectivity index (χ0n) is 19.4. The van der Waals surface area contributed by atoms with Gasteiger partial charge in [-0.2, -0.15) is 5.26 Å². The molecule has 4 heterocycles. The van der Waals surface area contributed by atoms with Gasteiger partial charge < -0.3 is 14.5 Å². The molecule has 0 saturated carbocycles. The molecule has 0 N–H and O–H groups in total. The van der Waals surface area contributed by atoms with E-state index in [0.717, 1.165) is 57.0 Å². The van der Waals surface area contributed by atoms with E-state index in [4.69, 9.17) is 10.00 Å². The maximum atomic E-state index is 13.1. The van der Waals surface area contributed by atoms with Gasteiger partial charge in [0.15, 0.2) is 0 Å². The number of hydrogen-bond donors (Lipinski definition) is 0. The first-order valence-corrected chi connectivity index (χ1v) is 11.9. The van der Waals surface area contributed by atoms with Crippen LogP contribution in [0.25, 0.3) is 0 Å². The van der Waals surface area contributed by atoms with Crippen LogP contribution in [0.5, 0.6) is 5.75 Å². The van der Waals surface area contributed by atoms with Crippen molar-refractivity contribution >= 4 is 11.7 Å². The molecule has 0 spiro atoms. The van der Waals surface area contributed by atoms with Crippen LogP contribution in [0, 0.1) is 11.3 Å². The number of pyridine rings is 1. The molecule has 3 aliphatic rings. The number of rotatable bonds is 5. The molecule has 2 bridgehead atoms. The lowest BCUT2D eigenvalue weighted by atomic mass is 9.92. The molecule has 3 aliphatic heterocycles. The fraction of sp³-hybridized carbons (Fsp3) is 0.500. The van der Waals surface area contributed by atoms with Crippen LogP contribution in [0.15, 0.2) is 36.5 Å². The third kappa shape index (κ3) is 4.04. The van der Waals surface area contributed by atoms with Crippen LogP contribution in [0.4, 0.5) is 5.82 Å². The average Bonchev–Trinajstić information content (AvgIpc) is 3.11. The summed E-state index contributed by atoms with van der Waals surface area (Å²) in [5, 5.41) is 9.03. The molecule has 5 rings (SSSR count). The van der Waals surface area contributed by atoms with Crippen LogP contribution in [-0.2, 0) is 11.2 Å². The molecular formula is C26H31N5O2. The van der Waals surface area contributed by atoms with Gasteiger partial charge in [-0.1, -0.05) is 12.1 Å². The van der Waals surface area contributed by atoms with Crippen LogP contribution < -0.4 is 9.64 Å². The molecule has 0 radical (unpaired) electrons. The summed E-state index contributed by atoms with van der Waals surface area (Å²) in [6.07, 6.45) is 5.31. The van der Waals surface area contributed by atoms with Gasteiger partial charge in [0.05, 0.1) is 12.7 Å². The summed E-state index contributed by atoms with van der Waals surface area (Å²) in [4.78, 5) is 24.5. The zero-order chi connectivity index (χ0) is 22.9. The number of carbonyl (C=O) groups excluding carboxylic acids is 1. The molecule has 7 nitrogen and oxygen atoms in total. The standard InChI is InChI=1S/C26H31N5O2/c1-18-22-4-3-5-24(33-2)23(22)10-12-29(18)13-11-26(32)30-16-20-7-8-21(17-30)31(20)25-9-6-19(14-27)15-28-25/h3-6,9,15,18,20-21H,7-8,10-13,16-17H2,1-2H3. The van der Waals surface area contributed by atoms with E-state index >= 15 is 0 Å². The lowest BCUT2D eigenvalue weighted by Gasteiger charge is -2.42. The van der Waals surface area contributed by atoms with E-state index < -0.39 is 0 Å². The van der Waals surface area contributed by atoms with Crippen molar-refractivity contribution in [1.82, 2.24) is 14.8 Å². The highest BCUT2D eigenvalue weighted by molar-refractivity contribution is 5.77. The molecule has 1 aromatic carbocycles. The third-order valence-corrected chi connectivity index (χ3v) is 7.63. The van der Waals surface area contributed by atoms with E-state index in [9.17, 15) is 4.79 Å². The Labute approximate surface area is 195 Å². The number of hydrogen-bond acceptors (Lipinski definition) is 6. The van der Waals surface area contributed by atoms with Crippen molar-refractivity contribution in [3.8, 4) is 11.8 Å². The first kappa shape index (κ1) is 21.7. The lowest BCUT2D eigenvalue weighted by molar-refractivity contribution is -0.132. The maximum absolute atomic E-state index is 13.1. The Morgan fingerprint density at radius 1 is 1.21 bits per heavy atom. The van der Waals surface area contributed by atoms with Gasteiger partial charge >= 0.3 is 0 Å². The number of piperazine rings is 1. The summed E-state index contributed by atoms with van der Waals surface area (Å²) in [6, 6.07) is 13.1. The van der Waals surface area contributed by atoms with Crippen molar-refractivity contribution in [3.63, 3.8) is 0 Å². The Morgan fingerprint density at radius 2 is 2.00 bits per heavy atom. The maximum Gasteiger partial charge on any atom is 0.223 e. The predicted octanol–water partition coefficient (Wildman–Crippen LogP) is 3.15. The summed E-state index contributed by atoms with van der Waals surface area (Å²) in [5.41, 5.74) is 3.20. The molecule has 1 amide bonds. The number of aromatic nitrogens is 1. The molecule has 2 aromatic rings. The van der Waals surface area contributed by atoms with Gasteiger partial charge in [-0.25, -0.2) is 4.98 Å². The molecule has 7 heteroatoms. The Balaban J connectivity index is 1.19. The average molecular weight is 446 g/mol. The molecule has 172 valence electrons. The van der Waals surface area contributed by atoms with Crippen LogP contribution in [0.1, 0.15) is 48.9 Å². The van der Waals surface area contributed by atoms with E-state index in [1.54, 1.807) is 13.3 Å². The Kier molecular flexibility index (Phi) is 5.94. The highest BCUT2D eigenvalue weighted by Crippen LogP contribution is 2.36. The van der Waals surface area contributed by atoms with Crippen LogP contribution in [-0.4, -0.2) is 66.1 Å². The topological polar surface area (TPSA) is 72.7 Å². The van der Waals surface area contributed by atoms with Crippen molar-refractivity contribution in [2.24, 2.45) is 0 Å². The van der Waals surface area contributed by atoms with Gasteiger partial charge in [-0.05, 0) is 49.9 Å². The lowest BCUT2D eigenvalue weighted by Crippen LogP contribution is -2.56. The minimum absolute atomic E-state index is 0.253. The number of likely N-dealkylation sites (tertiary alicyclic amines) is 1. The monoisotopic (exact) mass is 445 g/mol. The van der Waals surface area contributed by atoms with Gasteiger partial charge in [0, 0.05) is 62.5 Å². The molecule has 1 aromatic heterocycles. The second-order valence-electron chi connectivity index (χ2n) is 9.35. The SMILES string of the molecule is COc1cccc2c1CCN(CCC(=O)N1CC3CCC(C1)N3c1ccc(C#N)cn1)C2C. The highest BCUT2D eigenvalue weighted by Gasteiger charge is 2.42. The minimum atomic E-state index is 0.253. The van der Waals surface area contributed by atoms with Gasteiger partial charge in [-0.3, -0.25) is 9.69 Å². The normalized spacial score (nSPS) is 24.3. The molecule has 3 unspecified atom stereocenters. The Hall–Kier alpha value is -3.11. The quantitative estimate of drug-likeness (QED) is 0.704. The van der Waals surface area contributed by atoms with Crippen molar-refractivity contribution in [2.45, 2.75) is 50.7 Å². The number of nitrogens with zero attached hydrogens (tertiary/aromatic N) is 5. The number of methoxy groups -OCH3 is 1. The summed E-state index contributed by atoms with van der Waals surface area (Å²) >= 11 is 0. The fourth-order valence-corrected chi connectivity index (χ4v) is 5.87. The molecular weight excluding hydrogens is 414 g/mol. The molecule has 0 aliphatic carbocycles. The van der Waals surface area contributed by atoms with Crippen LogP contribution >= 0.6 is 0 Å². The second-order valence-corrected chi connectivity index (χ2v) is 9.35. The largest absolute Gasteiger partial charge is 0.496 e. The number of carbonyl (C=O) groups is 1. The number of amides is 1. The van der Waals surface area contributed by atoms with Gasteiger partial charge in [0.2, 0.25) is 5.91 Å². The molecule has 2 saturated heterocycles. The third-order valence-electron chi connectivity index (χ3n) is 7.63. The number of anilines is 1. The van der Waals surface area contributed by atoms with Crippen LogP contribution in [0.2, 0.25) is 0 Å². The second kappa shape index (κ2) is 9.03. The summed E-state index contributed by atoms with van der Waals surface area (Å²) < 4.78 is 5.55. The van der Waals surface area contributed by atoms with Gasteiger partial charge in [0.1, 0.15) is 17.6 Å². The number of ether oxygens (including phenoxy) is 1. The van der Waals surface area contributed by atoms with E-state index in [1.807, 2.05) is 18.2 Å². The van der Waals surface area contributed by atoms with Gasteiger partial charge in [-0.15, -0.1) is 0 Å². The Morgan fingerprint density at radius 3 is 2.67 bits per heavy atom. The van der Waals surface area contributed by atoms with E-state index in [1.165, 1.54) is 11.1 Å². The van der Waals surface area contributed by atoms with Crippen molar-refractivity contribution < 1.29 is 9.53 Å². The summed E-state index contributed by atoms with van der Waals surface area (Å²) in [7, 11) is 1.73. The summed E-state index contributed by atoms with van der Waals surface area (Å²) in [6.45, 7) is 5.47. The van der Waals surface area contributed by atoms with Crippen LogP contribution in [0.3, 0.4) is 0 Å². The van der Waals surface area contributed by atoms with E-state index in [2.05, 4.69) is 44.8 Å². The number of benzene rings is 1. The van der Waals surface area contributed by atoms with Crippen molar-refractivity contribution in [1.29, 1.82) is 5.26 Å². The van der Waals surface area contributed by atoms with E-state index in [0.29, 0.717) is 24.1 Å². The highest BCUT2D eigenvalue weighted by atomic mass is 16.5. The van der Waals surface area contributed by atoms with Crippen molar-refractivity contribution in [2.75, 3.05) is 38.2 Å². The fourth-order valence-electron chi connectivity index (χ4n) is 5.87. The van der Waals surface area contributed by atoms with E-state index in [-0.39, 0.29) is 11.9 Å². The predicted molar refractivity (Wildman–Crippen MR) is 126 cm³/mol. The first-order valence-electron chi connectivity index (χ1n) is 11.9. The molecule has 2 fully saturated rings. The smallest absolute Gasteiger partial charge is 0.223 e. The minimum Gasteiger partial charge on any atom is -0.496 e. The number of nitriles is 1. The number of fused-ring (bicyclic) bond motifs is 3.